The zero-order chi connectivity index (χ0) is 14.0. The maximum Gasteiger partial charge on any atom is 0.262 e. The van der Waals surface area contributed by atoms with Crippen LogP contribution in [0.4, 0.5) is 0 Å². The van der Waals surface area contributed by atoms with E-state index in [-0.39, 0.29) is 11.6 Å². The van der Waals surface area contributed by atoms with Crippen molar-refractivity contribution in [1.29, 1.82) is 0 Å². The molecule has 104 valence electrons. The van der Waals surface area contributed by atoms with Gasteiger partial charge in [0, 0.05) is 38.1 Å². The van der Waals surface area contributed by atoms with Crippen molar-refractivity contribution in [1.82, 2.24) is 24.1 Å². The third-order valence-corrected chi connectivity index (χ3v) is 4.60. The molecule has 0 aliphatic heterocycles. The predicted molar refractivity (Wildman–Crippen MR) is 69.9 cm³/mol. The Kier molecular flexibility index (Phi) is 3.72. The van der Waals surface area contributed by atoms with Crippen molar-refractivity contribution in [2.24, 2.45) is 0 Å². The highest BCUT2D eigenvalue weighted by Crippen LogP contribution is 2.16. The second kappa shape index (κ2) is 5.14. The summed E-state index contributed by atoms with van der Waals surface area (Å²) in [5.41, 5.74) is 0.803. The summed E-state index contributed by atoms with van der Waals surface area (Å²) in [5.74, 6) is 0.692. The molecule has 2 aromatic heterocycles. The Labute approximate surface area is 112 Å². The topological polar surface area (TPSA) is 83.9 Å². The van der Waals surface area contributed by atoms with Gasteiger partial charge in [0.15, 0.2) is 5.03 Å². The first kappa shape index (κ1) is 13.8. The fraction of sp³-hybridized carbons (Fsp3) is 0.455. The molecular weight excluding hydrogens is 266 g/mol. The first-order valence-electron chi connectivity index (χ1n) is 5.93. The Morgan fingerprint density at radius 3 is 2.74 bits per heavy atom. The fourth-order valence-corrected chi connectivity index (χ4v) is 2.94. The number of rotatable bonds is 5. The van der Waals surface area contributed by atoms with Crippen molar-refractivity contribution in [3.63, 3.8) is 0 Å². The molecule has 0 atom stereocenters. The number of H-pyrrole nitrogens is 1. The Hall–Kier alpha value is -1.67. The summed E-state index contributed by atoms with van der Waals surface area (Å²) in [6.45, 7) is 4.69. The van der Waals surface area contributed by atoms with Crippen LogP contribution in [0.15, 0.2) is 23.6 Å². The van der Waals surface area contributed by atoms with E-state index in [0.29, 0.717) is 12.4 Å². The van der Waals surface area contributed by atoms with Gasteiger partial charge in [0.1, 0.15) is 5.82 Å². The second-order valence-electron chi connectivity index (χ2n) is 4.28. The maximum atomic E-state index is 12.4. The lowest BCUT2D eigenvalue weighted by Crippen LogP contribution is -2.26. The van der Waals surface area contributed by atoms with Crippen molar-refractivity contribution < 1.29 is 8.42 Å². The van der Waals surface area contributed by atoms with Gasteiger partial charge in [-0.25, -0.2) is 13.4 Å². The molecule has 0 aromatic carbocycles. The van der Waals surface area contributed by atoms with Gasteiger partial charge in [0.25, 0.3) is 10.0 Å². The van der Waals surface area contributed by atoms with Crippen LogP contribution >= 0.6 is 0 Å². The van der Waals surface area contributed by atoms with E-state index in [4.69, 9.17) is 0 Å². The van der Waals surface area contributed by atoms with Crippen LogP contribution in [0.1, 0.15) is 18.3 Å². The molecule has 0 saturated heterocycles. The van der Waals surface area contributed by atoms with Crippen LogP contribution in [-0.4, -0.2) is 39.5 Å². The number of aromatic amines is 1. The van der Waals surface area contributed by atoms with E-state index in [1.54, 1.807) is 30.1 Å². The van der Waals surface area contributed by atoms with E-state index in [1.807, 2.05) is 6.92 Å². The largest absolute Gasteiger partial charge is 0.334 e. The third kappa shape index (κ3) is 2.69. The summed E-state index contributed by atoms with van der Waals surface area (Å²) in [6, 6.07) is 0. The maximum absolute atomic E-state index is 12.4. The molecule has 0 spiro atoms. The lowest BCUT2D eigenvalue weighted by molar-refractivity contribution is 0.464. The van der Waals surface area contributed by atoms with Crippen molar-refractivity contribution in [3.8, 4) is 0 Å². The quantitative estimate of drug-likeness (QED) is 0.878. The first-order chi connectivity index (χ1) is 8.95. The normalized spacial score (nSPS) is 12.2. The van der Waals surface area contributed by atoms with Gasteiger partial charge in [0.05, 0.1) is 6.20 Å². The lowest BCUT2D eigenvalue weighted by atomic mass is 10.4. The summed E-state index contributed by atoms with van der Waals surface area (Å²) in [7, 11) is -2.04. The van der Waals surface area contributed by atoms with Gasteiger partial charge in [-0.2, -0.15) is 9.40 Å². The SMILES string of the molecule is CCn1cc(S(=O)(=O)N(C)Cc2cn[nH]c2)nc1C. The molecule has 0 unspecified atom stereocenters. The van der Waals surface area contributed by atoms with Crippen molar-refractivity contribution >= 4 is 10.0 Å². The Morgan fingerprint density at radius 2 is 2.21 bits per heavy atom. The number of hydrogen-bond acceptors (Lipinski definition) is 4. The average Bonchev–Trinajstić information content (AvgIpc) is 2.98. The van der Waals surface area contributed by atoms with E-state index in [0.717, 1.165) is 5.56 Å². The van der Waals surface area contributed by atoms with E-state index >= 15 is 0 Å². The van der Waals surface area contributed by atoms with Gasteiger partial charge in [-0.1, -0.05) is 0 Å². The minimum absolute atomic E-state index is 0.0813. The molecule has 0 radical (unpaired) electrons. The molecular formula is C11H17N5O2S. The first-order valence-corrected chi connectivity index (χ1v) is 7.37. The standard InChI is InChI=1S/C11H17N5O2S/c1-4-16-8-11(14-9(16)2)19(17,18)15(3)7-10-5-12-13-6-10/h5-6,8H,4,7H2,1-3H3,(H,12,13). The van der Waals surface area contributed by atoms with E-state index < -0.39 is 10.0 Å². The van der Waals surface area contributed by atoms with Crippen LogP contribution in [-0.2, 0) is 23.1 Å². The molecule has 0 saturated carbocycles. The van der Waals surface area contributed by atoms with Crippen LogP contribution in [0, 0.1) is 6.92 Å². The van der Waals surface area contributed by atoms with Crippen molar-refractivity contribution in [2.45, 2.75) is 32.0 Å². The molecule has 1 N–H and O–H groups in total. The van der Waals surface area contributed by atoms with Gasteiger partial charge >= 0.3 is 0 Å². The highest BCUT2D eigenvalue weighted by molar-refractivity contribution is 7.89. The van der Waals surface area contributed by atoms with Gasteiger partial charge in [-0.15, -0.1) is 0 Å². The Balaban J connectivity index is 2.25. The molecule has 0 amide bonds. The molecule has 0 aliphatic carbocycles. The highest BCUT2D eigenvalue weighted by Gasteiger charge is 2.24. The lowest BCUT2D eigenvalue weighted by Gasteiger charge is -2.14. The Morgan fingerprint density at radius 1 is 1.47 bits per heavy atom. The van der Waals surface area contributed by atoms with Crippen LogP contribution in [0.2, 0.25) is 0 Å². The zero-order valence-corrected chi connectivity index (χ0v) is 12.0. The van der Waals surface area contributed by atoms with Gasteiger partial charge in [-0.3, -0.25) is 5.10 Å². The number of nitrogens with zero attached hydrogens (tertiary/aromatic N) is 4. The highest BCUT2D eigenvalue weighted by atomic mass is 32.2. The second-order valence-corrected chi connectivity index (χ2v) is 6.27. The summed E-state index contributed by atoms with van der Waals surface area (Å²) < 4.78 is 27.8. The van der Waals surface area contributed by atoms with E-state index in [2.05, 4.69) is 15.2 Å². The summed E-state index contributed by atoms with van der Waals surface area (Å²) >= 11 is 0. The van der Waals surface area contributed by atoms with E-state index in [1.165, 1.54) is 11.4 Å². The Bertz CT molecular complexity index is 645. The molecule has 19 heavy (non-hydrogen) atoms. The monoisotopic (exact) mass is 283 g/mol. The molecule has 0 fully saturated rings. The van der Waals surface area contributed by atoms with Gasteiger partial charge < -0.3 is 4.57 Å². The van der Waals surface area contributed by atoms with Gasteiger partial charge in [0.2, 0.25) is 0 Å². The van der Waals surface area contributed by atoms with Crippen LogP contribution in [0.3, 0.4) is 0 Å². The summed E-state index contributed by atoms with van der Waals surface area (Å²) in [6.07, 6.45) is 4.83. The molecule has 2 rings (SSSR count). The van der Waals surface area contributed by atoms with Crippen molar-refractivity contribution in [2.75, 3.05) is 7.05 Å². The number of aryl methyl sites for hydroxylation is 2. The zero-order valence-electron chi connectivity index (χ0n) is 11.2. The third-order valence-electron chi connectivity index (χ3n) is 2.93. The predicted octanol–water partition coefficient (Wildman–Crippen LogP) is 0.755. The van der Waals surface area contributed by atoms with Crippen molar-refractivity contribution in [3.05, 3.63) is 30.0 Å². The number of hydrogen-bond donors (Lipinski definition) is 1. The summed E-state index contributed by atoms with van der Waals surface area (Å²) in [5, 5.41) is 6.53. The summed E-state index contributed by atoms with van der Waals surface area (Å²) in [4.78, 5) is 4.11. The van der Waals surface area contributed by atoms with Crippen LogP contribution in [0.25, 0.3) is 0 Å². The number of imidazole rings is 1. The minimum atomic E-state index is -3.57. The smallest absolute Gasteiger partial charge is 0.262 e. The molecule has 7 nitrogen and oxygen atoms in total. The fourth-order valence-electron chi connectivity index (χ4n) is 1.79. The molecule has 0 bridgehead atoms. The van der Waals surface area contributed by atoms with Gasteiger partial charge in [-0.05, 0) is 13.8 Å². The van der Waals surface area contributed by atoms with Crippen LogP contribution < -0.4 is 0 Å². The number of nitrogens with one attached hydrogen (secondary N) is 1. The molecule has 2 heterocycles. The van der Waals surface area contributed by atoms with Crippen LogP contribution in [0.5, 0.6) is 0 Å². The number of sulfonamides is 1. The number of aromatic nitrogens is 4. The molecule has 0 aliphatic rings. The molecule has 2 aromatic rings. The minimum Gasteiger partial charge on any atom is -0.334 e. The average molecular weight is 283 g/mol. The molecule has 8 heteroatoms. The van der Waals surface area contributed by atoms with E-state index in [9.17, 15) is 8.42 Å².